The lowest BCUT2D eigenvalue weighted by Gasteiger charge is -2.24. The largest absolute Gasteiger partial charge is 0.347 e. The number of benzene rings is 1. The van der Waals surface area contributed by atoms with Gasteiger partial charge in [-0.3, -0.25) is 0 Å². The van der Waals surface area contributed by atoms with Gasteiger partial charge in [0.2, 0.25) is 10.0 Å². The number of para-hydroxylation sites is 1. The topological polar surface area (TPSA) is 51.1 Å². The maximum atomic E-state index is 12.7. The van der Waals surface area contributed by atoms with Crippen LogP contribution in [-0.2, 0) is 36.3 Å². The van der Waals surface area contributed by atoms with Crippen LogP contribution in [0.25, 0.3) is 10.9 Å². The zero-order chi connectivity index (χ0) is 17.6. The summed E-state index contributed by atoms with van der Waals surface area (Å²) in [4.78, 5) is 1.10. The number of nitrogens with one attached hydrogen (secondary N) is 1. The number of sulfonamides is 1. The van der Waals surface area contributed by atoms with E-state index in [-0.39, 0.29) is 6.04 Å². The molecule has 3 aromatic rings. The van der Waals surface area contributed by atoms with Crippen LogP contribution in [0.3, 0.4) is 0 Å². The second-order valence-electron chi connectivity index (χ2n) is 6.64. The number of hydrogen-bond acceptors (Lipinski definition) is 3. The Labute approximate surface area is 152 Å². The van der Waals surface area contributed by atoms with Gasteiger partial charge in [0.05, 0.1) is 0 Å². The van der Waals surface area contributed by atoms with Gasteiger partial charge in [-0.05, 0) is 49.4 Å². The second-order valence-corrected chi connectivity index (χ2v) is 9.75. The molecule has 2 aromatic heterocycles. The maximum absolute atomic E-state index is 12.7. The fourth-order valence-corrected chi connectivity index (χ4v) is 6.38. The van der Waals surface area contributed by atoms with Gasteiger partial charge in [0.1, 0.15) is 4.21 Å². The Kier molecular flexibility index (Phi) is 4.22. The van der Waals surface area contributed by atoms with E-state index in [2.05, 4.69) is 34.5 Å². The molecule has 0 aliphatic heterocycles. The van der Waals surface area contributed by atoms with Crippen molar-refractivity contribution in [2.45, 2.75) is 42.9 Å². The van der Waals surface area contributed by atoms with E-state index in [9.17, 15) is 8.42 Å². The Hall–Kier alpha value is -1.63. The summed E-state index contributed by atoms with van der Waals surface area (Å²) >= 11 is 1.37. The Morgan fingerprint density at radius 1 is 1.24 bits per heavy atom. The third kappa shape index (κ3) is 2.92. The van der Waals surface area contributed by atoms with Gasteiger partial charge < -0.3 is 4.57 Å². The van der Waals surface area contributed by atoms with Gasteiger partial charge in [0.25, 0.3) is 0 Å². The number of aryl methyl sites for hydroxylation is 2. The molecule has 0 saturated carbocycles. The lowest BCUT2D eigenvalue weighted by Crippen LogP contribution is -2.38. The molecule has 4 rings (SSSR count). The molecular weight excluding hydrogens is 352 g/mol. The summed E-state index contributed by atoms with van der Waals surface area (Å²) in [5, 5.41) is 1.24. The highest BCUT2D eigenvalue weighted by Gasteiger charge is 2.28. The molecular formula is C19H22N2O2S2. The minimum absolute atomic E-state index is 0.0458. The van der Waals surface area contributed by atoms with Crippen molar-refractivity contribution in [3.63, 3.8) is 0 Å². The Morgan fingerprint density at radius 3 is 2.80 bits per heavy atom. The van der Waals surface area contributed by atoms with Gasteiger partial charge in [-0.1, -0.05) is 25.1 Å². The molecule has 1 unspecified atom stereocenters. The molecule has 0 radical (unpaired) electrons. The fourth-order valence-electron chi connectivity index (χ4n) is 3.80. The van der Waals surface area contributed by atoms with E-state index >= 15 is 0 Å². The van der Waals surface area contributed by atoms with Crippen molar-refractivity contribution in [1.82, 2.24) is 9.29 Å². The minimum atomic E-state index is -3.44. The van der Waals surface area contributed by atoms with Crippen molar-refractivity contribution in [2.24, 2.45) is 7.05 Å². The first-order valence-corrected chi connectivity index (χ1v) is 11.0. The molecule has 1 aliphatic carbocycles. The summed E-state index contributed by atoms with van der Waals surface area (Å²) in [5.41, 5.74) is 3.85. The zero-order valence-corrected chi connectivity index (χ0v) is 16.1. The Morgan fingerprint density at radius 2 is 2.04 bits per heavy atom. The van der Waals surface area contributed by atoms with E-state index in [4.69, 9.17) is 0 Å². The van der Waals surface area contributed by atoms with Crippen LogP contribution in [0.4, 0.5) is 0 Å². The first-order valence-electron chi connectivity index (χ1n) is 8.66. The monoisotopic (exact) mass is 374 g/mol. The number of hydrogen-bond donors (Lipinski definition) is 1. The predicted octanol–water partition coefficient (Wildman–Crippen LogP) is 3.64. The fraction of sp³-hybridized carbons (Fsp3) is 0.368. The van der Waals surface area contributed by atoms with Crippen molar-refractivity contribution < 1.29 is 8.42 Å². The second kappa shape index (κ2) is 6.27. The van der Waals surface area contributed by atoms with Gasteiger partial charge in [0.15, 0.2) is 0 Å². The summed E-state index contributed by atoms with van der Waals surface area (Å²) in [6.45, 7) is 2.04. The molecule has 0 bridgehead atoms. The van der Waals surface area contributed by atoms with Crippen LogP contribution in [0, 0.1) is 0 Å². The maximum Gasteiger partial charge on any atom is 0.250 e. The normalized spacial score (nSPS) is 17.8. The smallest absolute Gasteiger partial charge is 0.250 e. The van der Waals surface area contributed by atoms with E-state index in [0.29, 0.717) is 4.21 Å². The summed E-state index contributed by atoms with van der Waals surface area (Å²) in [6, 6.07) is 11.9. The van der Waals surface area contributed by atoms with E-state index in [1.54, 1.807) is 6.07 Å². The predicted molar refractivity (Wildman–Crippen MR) is 103 cm³/mol. The number of rotatable bonds is 4. The number of thiophene rings is 1. The van der Waals surface area contributed by atoms with Gasteiger partial charge in [-0.15, -0.1) is 11.3 Å². The van der Waals surface area contributed by atoms with Crippen LogP contribution in [0.5, 0.6) is 0 Å². The van der Waals surface area contributed by atoms with Crippen LogP contribution in [0.1, 0.15) is 29.5 Å². The van der Waals surface area contributed by atoms with Gasteiger partial charge in [-0.2, -0.15) is 0 Å². The summed E-state index contributed by atoms with van der Waals surface area (Å²) < 4.78 is 31.0. The van der Waals surface area contributed by atoms with Crippen LogP contribution in [0.2, 0.25) is 0 Å². The van der Waals surface area contributed by atoms with E-state index in [0.717, 1.165) is 30.6 Å². The molecule has 25 heavy (non-hydrogen) atoms. The Balaban J connectivity index is 1.61. The van der Waals surface area contributed by atoms with Crippen LogP contribution >= 0.6 is 11.3 Å². The summed E-state index contributed by atoms with van der Waals surface area (Å²) in [5.74, 6) is 0. The first-order chi connectivity index (χ1) is 12.0. The van der Waals surface area contributed by atoms with Crippen LogP contribution < -0.4 is 4.72 Å². The molecule has 1 aromatic carbocycles. The zero-order valence-electron chi connectivity index (χ0n) is 14.5. The summed E-state index contributed by atoms with van der Waals surface area (Å²) in [7, 11) is -1.34. The number of aromatic nitrogens is 1. The van der Waals surface area contributed by atoms with Crippen molar-refractivity contribution in [2.75, 3.05) is 0 Å². The van der Waals surface area contributed by atoms with Gasteiger partial charge in [0, 0.05) is 34.6 Å². The highest BCUT2D eigenvalue weighted by atomic mass is 32.2. The SMILES string of the molecule is CCc1ccc(S(=O)(=O)NC2CCc3c(c4ccccc4n3C)C2)s1. The lowest BCUT2D eigenvalue weighted by molar-refractivity contribution is 0.502. The molecule has 6 heteroatoms. The lowest BCUT2D eigenvalue weighted by atomic mass is 9.92. The minimum Gasteiger partial charge on any atom is -0.347 e. The molecule has 2 heterocycles. The molecule has 1 atom stereocenters. The standard InChI is InChI=1S/C19H22N2O2S2/c1-3-14-9-11-19(24-14)25(22,23)20-13-8-10-18-16(12-13)15-6-4-5-7-17(15)21(18)2/h4-7,9,11,13,20H,3,8,10,12H2,1-2H3. The third-order valence-electron chi connectivity index (χ3n) is 5.10. The van der Waals surface area contributed by atoms with E-state index < -0.39 is 10.0 Å². The average Bonchev–Trinajstić information content (AvgIpc) is 3.20. The van der Waals surface area contributed by atoms with Crippen LogP contribution in [-0.4, -0.2) is 19.0 Å². The van der Waals surface area contributed by atoms with Crippen molar-refractivity contribution >= 4 is 32.3 Å². The van der Waals surface area contributed by atoms with Gasteiger partial charge in [-0.25, -0.2) is 13.1 Å². The van der Waals surface area contributed by atoms with Gasteiger partial charge >= 0.3 is 0 Å². The van der Waals surface area contributed by atoms with E-state index in [1.165, 1.54) is 33.5 Å². The highest BCUT2D eigenvalue weighted by Crippen LogP contribution is 2.32. The highest BCUT2D eigenvalue weighted by molar-refractivity contribution is 7.91. The van der Waals surface area contributed by atoms with Crippen molar-refractivity contribution in [3.8, 4) is 0 Å². The Bertz CT molecular complexity index is 1030. The average molecular weight is 375 g/mol. The summed E-state index contributed by atoms with van der Waals surface area (Å²) in [6.07, 6.45) is 3.35. The molecule has 132 valence electrons. The first kappa shape index (κ1) is 16.8. The molecule has 4 nitrogen and oxygen atoms in total. The molecule has 1 N–H and O–H groups in total. The molecule has 1 aliphatic rings. The quantitative estimate of drug-likeness (QED) is 0.758. The van der Waals surface area contributed by atoms with Crippen molar-refractivity contribution in [3.05, 3.63) is 52.5 Å². The molecule has 0 fully saturated rings. The third-order valence-corrected chi connectivity index (χ3v) is 8.34. The number of nitrogens with zero attached hydrogens (tertiary/aromatic N) is 1. The van der Waals surface area contributed by atoms with E-state index in [1.807, 2.05) is 19.1 Å². The van der Waals surface area contributed by atoms with Crippen LogP contribution in [0.15, 0.2) is 40.6 Å². The number of fused-ring (bicyclic) bond motifs is 3. The van der Waals surface area contributed by atoms with Crippen molar-refractivity contribution in [1.29, 1.82) is 0 Å². The molecule has 0 spiro atoms. The molecule has 0 saturated heterocycles. The molecule has 0 amide bonds.